The van der Waals surface area contributed by atoms with E-state index in [0.717, 1.165) is 21.9 Å². The van der Waals surface area contributed by atoms with Crippen molar-refractivity contribution in [2.45, 2.75) is 12.8 Å². The number of carboxylic acids is 1. The van der Waals surface area contributed by atoms with Crippen molar-refractivity contribution in [1.82, 2.24) is 4.72 Å². The first-order chi connectivity index (χ1) is 14.4. The average Bonchev–Trinajstić information content (AvgIpc) is 2.74. The lowest BCUT2D eigenvalue weighted by molar-refractivity contribution is -0.139. The first kappa shape index (κ1) is 21.5. The van der Waals surface area contributed by atoms with E-state index in [2.05, 4.69) is 4.72 Å². The lowest BCUT2D eigenvalue weighted by Gasteiger charge is -2.11. The summed E-state index contributed by atoms with van der Waals surface area (Å²) in [5.41, 5.74) is 1.87. The Morgan fingerprint density at radius 2 is 1.70 bits per heavy atom. The smallest absolute Gasteiger partial charge is 0.341 e. The van der Waals surface area contributed by atoms with E-state index in [1.807, 2.05) is 60.7 Å². The van der Waals surface area contributed by atoms with Crippen LogP contribution in [0.15, 0.2) is 72.1 Å². The number of rotatable bonds is 10. The highest BCUT2D eigenvalue weighted by Gasteiger charge is 2.09. The first-order valence-electron chi connectivity index (χ1n) is 9.53. The Morgan fingerprint density at radius 3 is 2.47 bits per heavy atom. The van der Waals surface area contributed by atoms with Gasteiger partial charge in [0.05, 0.1) is 0 Å². The lowest BCUT2D eigenvalue weighted by atomic mass is 10.0. The summed E-state index contributed by atoms with van der Waals surface area (Å²) in [5, 5.41) is 11.8. The second-order valence-electron chi connectivity index (χ2n) is 6.71. The first-order valence-corrected chi connectivity index (χ1v) is 11.1. The standard InChI is InChI=1S/C23H23NO5S/c25-23(26)17-29-22-13-5-11-20-19(9-4-12-21(20)22)10-6-15-24-30(27,28)16-14-18-7-2-1-3-8-18/h1-5,7-9,11-14,16,24H,6,10,15,17H2,(H,25,26). The van der Waals surface area contributed by atoms with Crippen molar-refractivity contribution in [3.8, 4) is 5.75 Å². The van der Waals surface area contributed by atoms with Gasteiger partial charge in [-0.2, -0.15) is 0 Å². The molecule has 3 aromatic rings. The molecule has 30 heavy (non-hydrogen) atoms. The second-order valence-corrected chi connectivity index (χ2v) is 8.36. The molecule has 2 N–H and O–H groups in total. The van der Waals surface area contributed by atoms with Crippen LogP contribution in [-0.2, 0) is 21.2 Å². The van der Waals surface area contributed by atoms with Crippen molar-refractivity contribution < 1.29 is 23.1 Å². The third-order valence-electron chi connectivity index (χ3n) is 4.49. The van der Waals surface area contributed by atoms with E-state index in [1.165, 1.54) is 5.41 Å². The van der Waals surface area contributed by atoms with Crippen LogP contribution in [0.25, 0.3) is 16.8 Å². The fourth-order valence-corrected chi connectivity index (χ4v) is 3.96. The number of nitrogens with one attached hydrogen (secondary N) is 1. The highest BCUT2D eigenvalue weighted by atomic mass is 32.2. The quantitative estimate of drug-likeness (QED) is 0.482. The summed E-state index contributed by atoms with van der Waals surface area (Å²) in [4.78, 5) is 10.8. The zero-order valence-corrected chi connectivity index (χ0v) is 17.1. The number of fused-ring (bicyclic) bond motifs is 1. The molecule has 0 aromatic heterocycles. The number of benzene rings is 3. The van der Waals surface area contributed by atoms with Gasteiger partial charge in [-0.1, -0.05) is 60.7 Å². The Balaban J connectivity index is 1.60. The predicted molar refractivity (Wildman–Crippen MR) is 118 cm³/mol. The van der Waals surface area contributed by atoms with Crippen LogP contribution < -0.4 is 9.46 Å². The van der Waals surface area contributed by atoms with Gasteiger partial charge in [0.15, 0.2) is 6.61 Å². The molecule has 0 saturated heterocycles. The highest BCUT2D eigenvalue weighted by Crippen LogP contribution is 2.28. The number of hydrogen-bond donors (Lipinski definition) is 2. The van der Waals surface area contributed by atoms with Crippen molar-refractivity contribution in [3.63, 3.8) is 0 Å². The zero-order valence-electron chi connectivity index (χ0n) is 16.3. The van der Waals surface area contributed by atoms with Crippen LogP contribution in [0.5, 0.6) is 5.75 Å². The number of aryl methyl sites for hydroxylation is 1. The molecule has 3 aromatic carbocycles. The van der Waals surface area contributed by atoms with Gasteiger partial charge in [-0.05, 0) is 41.5 Å². The summed E-state index contributed by atoms with van der Waals surface area (Å²) in [6, 6.07) is 20.5. The molecule has 0 radical (unpaired) electrons. The van der Waals surface area contributed by atoms with E-state index in [4.69, 9.17) is 9.84 Å². The number of carboxylic acid groups (broad SMARTS) is 1. The summed E-state index contributed by atoms with van der Waals surface area (Å²) in [5.74, 6) is -0.514. The number of hydrogen-bond acceptors (Lipinski definition) is 4. The van der Waals surface area contributed by atoms with E-state index in [0.29, 0.717) is 25.1 Å². The van der Waals surface area contributed by atoms with Gasteiger partial charge >= 0.3 is 5.97 Å². The molecule has 0 atom stereocenters. The lowest BCUT2D eigenvalue weighted by Crippen LogP contribution is -2.22. The van der Waals surface area contributed by atoms with Crippen LogP contribution in [-0.4, -0.2) is 32.6 Å². The molecular weight excluding hydrogens is 402 g/mol. The molecule has 0 aliphatic carbocycles. The second kappa shape index (κ2) is 10.0. The SMILES string of the molecule is O=C(O)COc1cccc2c(CCCNS(=O)(=O)C=Cc3ccccc3)cccc12. The molecule has 0 bridgehead atoms. The van der Waals surface area contributed by atoms with E-state index in [9.17, 15) is 13.2 Å². The summed E-state index contributed by atoms with van der Waals surface area (Å²) in [6.45, 7) is -0.0886. The van der Waals surface area contributed by atoms with Gasteiger partial charge in [0.1, 0.15) is 5.75 Å². The molecule has 0 unspecified atom stereocenters. The van der Waals surface area contributed by atoms with Crippen LogP contribution in [0.4, 0.5) is 0 Å². The molecular formula is C23H23NO5S. The van der Waals surface area contributed by atoms with E-state index in [1.54, 1.807) is 12.1 Å². The Hall–Kier alpha value is -3.16. The van der Waals surface area contributed by atoms with Crippen molar-refractivity contribution in [3.05, 3.63) is 83.3 Å². The largest absolute Gasteiger partial charge is 0.481 e. The Morgan fingerprint density at radius 1 is 0.967 bits per heavy atom. The van der Waals surface area contributed by atoms with Crippen molar-refractivity contribution in [1.29, 1.82) is 0 Å². The summed E-state index contributed by atoms with van der Waals surface area (Å²) >= 11 is 0. The Bertz CT molecular complexity index is 1140. The van der Waals surface area contributed by atoms with E-state index >= 15 is 0 Å². The van der Waals surface area contributed by atoms with Gasteiger partial charge in [-0.25, -0.2) is 17.9 Å². The molecule has 0 aliphatic heterocycles. The fraction of sp³-hybridized carbons (Fsp3) is 0.174. The number of carbonyl (C=O) groups is 1. The van der Waals surface area contributed by atoms with Crippen LogP contribution >= 0.6 is 0 Å². The number of ether oxygens (including phenoxy) is 1. The molecule has 7 heteroatoms. The number of aliphatic carboxylic acids is 1. The maximum Gasteiger partial charge on any atom is 0.341 e. The van der Waals surface area contributed by atoms with Gasteiger partial charge in [0, 0.05) is 17.3 Å². The minimum absolute atomic E-state index is 0.313. The molecule has 0 heterocycles. The molecule has 0 amide bonds. The number of sulfonamides is 1. The minimum atomic E-state index is -3.51. The molecule has 0 saturated carbocycles. The van der Waals surface area contributed by atoms with Crippen molar-refractivity contribution >= 4 is 32.8 Å². The summed E-state index contributed by atoms with van der Waals surface area (Å²) in [6.07, 6.45) is 2.86. The Kier molecular flexibility index (Phi) is 7.21. The molecule has 0 fully saturated rings. The normalized spacial score (nSPS) is 11.7. The van der Waals surface area contributed by atoms with E-state index < -0.39 is 22.6 Å². The molecule has 0 aliphatic rings. The third-order valence-corrected chi connectivity index (χ3v) is 5.59. The summed E-state index contributed by atoms with van der Waals surface area (Å²) < 4.78 is 32.2. The van der Waals surface area contributed by atoms with Gasteiger partial charge in [-0.3, -0.25) is 0 Å². The maximum atomic E-state index is 12.1. The summed E-state index contributed by atoms with van der Waals surface area (Å²) in [7, 11) is -3.51. The molecule has 0 spiro atoms. The van der Waals surface area contributed by atoms with Crippen LogP contribution in [0.3, 0.4) is 0 Å². The Labute approximate surface area is 175 Å². The van der Waals surface area contributed by atoms with E-state index in [-0.39, 0.29) is 0 Å². The molecule has 6 nitrogen and oxygen atoms in total. The van der Waals surface area contributed by atoms with Gasteiger partial charge in [-0.15, -0.1) is 0 Å². The average molecular weight is 426 g/mol. The topological polar surface area (TPSA) is 92.7 Å². The van der Waals surface area contributed by atoms with Crippen molar-refractivity contribution in [2.75, 3.05) is 13.2 Å². The monoisotopic (exact) mass is 425 g/mol. The van der Waals surface area contributed by atoms with Crippen molar-refractivity contribution in [2.24, 2.45) is 0 Å². The van der Waals surface area contributed by atoms with Gasteiger partial charge < -0.3 is 9.84 Å². The molecule has 156 valence electrons. The van der Waals surface area contributed by atoms with Gasteiger partial charge in [0.2, 0.25) is 10.0 Å². The van der Waals surface area contributed by atoms with Crippen LogP contribution in [0.1, 0.15) is 17.5 Å². The zero-order chi connectivity index (χ0) is 21.4. The highest BCUT2D eigenvalue weighted by molar-refractivity contribution is 7.92. The van der Waals surface area contributed by atoms with Gasteiger partial charge in [0.25, 0.3) is 0 Å². The van der Waals surface area contributed by atoms with Crippen LogP contribution in [0, 0.1) is 0 Å². The predicted octanol–water partition coefficient (Wildman–Crippen LogP) is 3.83. The molecule has 3 rings (SSSR count). The fourth-order valence-electron chi connectivity index (χ4n) is 3.10. The maximum absolute atomic E-state index is 12.1. The minimum Gasteiger partial charge on any atom is -0.481 e. The van der Waals surface area contributed by atoms with Crippen LogP contribution in [0.2, 0.25) is 0 Å². The third kappa shape index (κ3) is 6.17.